The summed E-state index contributed by atoms with van der Waals surface area (Å²) < 4.78 is 5.45. The lowest BCUT2D eigenvalue weighted by Crippen LogP contribution is -2.41. The Labute approximate surface area is 161 Å². The molecule has 1 aliphatic heterocycles. The Bertz CT molecular complexity index is 1020. The summed E-state index contributed by atoms with van der Waals surface area (Å²) >= 11 is 1.56. The fraction of sp³-hybridized carbons (Fsp3) is 0.0909. The van der Waals surface area contributed by atoms with Gasteiger partial charge in [-0.05, 0) is 71.3 Å². The van der Waals surface area contributed by atoms with Crippen molar-refractivity contribution in [1.82, 2.24) is 0 Å². The summed E-state index contributed by atoms with van der Waals surface area (Å²) in [5, 5.41) is 3.93. The predicted octanol–water partition coefficient (Wildman–Crippen LogP) is 4.87. The third kappa shape index (κ3) is 3.17. The summed E-state index contributed by atoms with van der Waals surface area (Å²) in [7, 11) is 0. The van der Waals surface area contributed by atoms with Crippen molar-refractivity contribution in [2.24, 2.45) is 0 Å². The van der Waals surface area contributed by atoms with E-state index in [1.54, 1.807) is 41.7 Å². The van der Waals surface area contributed by atoms with E-state index in [9.17, 15) is 9.59 Å². The predicted molar refractivity (Wildman–Crippen MR) is 108 cm³/mol. The van der Waals surface area contributed by atoms with Gasteiger partial charge in [0.25, 0.3) is 11.8 Å². The topological polar surface area (TPSA) is 46.6 Å². The number of fused-ring (bicyclic) bond motifs is 1. The SMILES string of the molecule is CCOc1ccc(N2C(=O)/C(=C\c3ccsc3)c3ccccc3C2=O)cc1. The van der Waals surface area contributed by atoms with Gasteiger partial charge in [-0.25, -0.2) is 4.90 Å². The van der Waals surface area contributed by atoms with Crippen LogP contribution in [0.3, 0.4) is 0 Å². The fourth-order valence-corrected chi connectivity index (χ4v) is 3.73. The molecule has 1 aliphatic rings. The molecule has 3 aromatic rings. The van der Waals surface area contributed by atoms with Crippen LogP contribution < -0.4 is 9.64 Å². The highest BCUT2D eigenvalue weighted by Crippen LogP contribution is 2.34. The number of carbonyl (C=O) groups is 2. The van der Waals surface area contributed by atoms with Crippen LogP contribution in [0.5, 0.6) is 5.75 Å². The molecule has 2 heterocycles. The Morgan fingerprint density at radius 1 is 0.963 bits per heavy atom. The van der Waals surface area contributed by atoms with Gasteiger partial charge < -0.3 is 4.74 Å². The smallest absolute Gasteiger partial charge is 0.265 e. The third-order valence-corrected chi connectivity index (χ3v) is 5.05. The Morgan fingerprint density at radius 2 is 1.70 bits per heavy atom. The number of hydrogen-bond donors (Lipinski definition) is 0. The second-order valence-electron chi connectivity index (χ2n) is 6.03. The monoisotopic (exact) mass is 375 g/mol. The molecule has 134 valence electrons. The zero-order chi connectivity index (χ0) is 18.8. The molecule has 0 saturated heterocycles. The van der Waals surface area contributed by atoms with Gasteiger partial charge in [0.15, 0.2) is 0 Å². The van der Waals surface area contributed by atoms with Crippen LogP contribution in [0, 0.1) is 0 Å². The van der Waals surface area contributed by atoms with E-state index < -0.39 is 0 Å². The molecule has 0 aliphatic carbocycles. The zero-order valence-electron chi connectivity index (χ0n) is 14.7. The highest BCUT2D eigenvalue weighted by Gasteiger charge is 2.35. The summed E-state index contributed by atoms with van der Waals surface area (Å²) in [4.78, 5) is 27.5. The Kier molecular flexibility index (Phi) is 4.60. The van der Waals surface area contributed by atoms with Crippen molar-refractivity contribution in [2.45, 2.75) is 6.92 Å². The molecule has 1 aromatic heterocycles. The maximum Gasteiger partial charge on any atom is 0.265 e. The van der Waals surface area contributed by atoms with E-state index in [0.717, 1.165) is 5.56 Å². The highest BCUT2D eigenvalue weighted by molar-refractivity contribution is 7.08. The van der Waals surface area contributed by atoms with E-state index >= 15 is 0 Å². The molecule has 4 nitrogen and oxygen atoms in total. The molecule has 0 bridgehead atoms. The average Bonchev–Trinajstić information content (AvgIpc) is 3.20. The van der Waals surface area contributed by atoms with Crippen molar-refractivity contribution in [1.29, 1.82) is 0 Å². The summed E-state index contributed by atoms with van der Waals surface area (Å²) in [5.41, 5.74) is 3.17. The average molecular weight is 375 g/mol. The number of imide groups is 1. The van der Waals surface area contributed by atoms with Gasteiger partial charge in [-0.2, -0.15) is 11.3 Å². The van der Waals surface area contributed by atoms with Crippen LogP contribution in [-0.4, -0.2) is 18.4 Å². The van der Waals surface area contributed by atoms with Gasteiger partial charge in [0, 0.05) is 11.1 Å². The van der Waals surface area contributed by atoms with Gasteiger partial charge in [0.1, 0.15) is 5.75 Å². The summed E-state index contributed by atoms with van der Waals surface area (Å²) in [5.74, 6) is 0.0592. The Hall–Kier alpha value is -3.18. The molecule has 5 heteroatoms. The van der Waals surface area contributed by atoms with Crippen molar-refractivity contribution in [2.75, 3.05) is 11.5 Å². The highest BCUT2D eigenvalue weighted by atomic mass is 32.1. The lowest BCUT2D eigenvalue weighted by Gasteiger charge is -2.28. The summed E-state index contributed by atoms with van der Waals surface area (Å²) in [6, 6.07) is 16.2. The lowest BCUT2D eigenvalue weighted by atomic mass is 9.92. The first kappa shape index (κ1) is 17.2. The molecule has 0 N–H and O–H groups in total. The van der Waals surface area contributed by atoms with Gasteiger partial charge in [-0.1, -0.05) is 18.2 Å². The van der Waals surface area contributed by atoms with Gasteiger partial charge in [0.05, 0.1) is 12.3 Å². The van der Waals surface area contributed by atoms with E-state index in [4.69, 9.17) is 4.74 Å². The number of ether oxygens (including phenoxy) is 1. The van der Waals surface area contributed by atoms with Crippen LogP contribution in [-0.2, 0) is 4.79 Å². The number of thiophene rings is 1. The number of hydrogen-bond acceptors (Lipinski definition) is 4. The number of carbonyl (C=O) groups excluding carboxylic acids is 2. The molecular weight excluding hydrogens is 358 g/mol. The van der Waals surface area contributed by atoms with Crippen LogP contribution in [0.25, 0.3) is 11.6 Å². The minimum Gasteiger partial charge on any atom is -0.494 e. The first-order valence-corrected chi connectivity index (χ1v) is 9.58. The van der Waals surface area contributed by atoms with Crippen LogP contribution in [0.2, 0.25) is 0 Å². The van der Waals surface area contributed by atoms with Crippen LogP contribution in [0.4, 0.5) is 5.69 Å². The molecular formula is C22H17NO3S. The zero-order valence-corrected chi connectivity index (χ0v) is 15.5. The van der Waals surface area contributed by atoms with Crippen LogP contribution in [0.15, 0.2) is 65.4 Å². The molecule has 0 unspecified atom stereocenters. The largest absolute Gasteiger partial charge is 0.494 e. The second kappa shape index (κ2) is 7.21. The molecule has 4 rings (SSSR count). The molecule has 2 amide bonds. The summed E-state index contributed by atoms with van der Waals surface area (Å²) in [6.45, 7) is 2.46. The molecule has 0 atom stereocenters. The standard InChI is InChI=1S/C22H17NO3S/c1-2-26-17-9-7-16(8-10-17)23-21(24)19-6-4-3-5-18(19)20(22(23)25)13-15-11-12-27-14-15/h3-14H,2H2,1H3/b20-13-. The minimum absolute atomic E-state index is 0.317. The molecule has 0 fully saturated rings. The van der Waals surface area contributed by atoms with E-state index in [2.05, 4.69) is 0 Å². The van der Waals surface area contributed by atoms with E-state index in [0.29, 0.717) is 34.7 Å². The van der Waals surface area contributed by atoms with Crippen molar-refractivity contribution in [3.63, 3.8) is 0 Å². The van der Waals surface area contributed by atoms with Crippen LogP contribution in [0.1, 0.15) is 28.4 Å². The summed E-state index contributed by atoms with van der Waals surface area (Å²) in [6.07, 6.45) is 1.84. The maximum absolute atomic E-state index is 13.2. The molecule has 2 aromatic carbocycles. The number of nitrogens with zero attached hydrogens (tertiary/aromatic N) is 1. The molecule has 0 radical (unpaired) electrons. The van der Waals surface area contributed by atoms with Gasteiger partial charge in [0.2, 0.25) is 0 Å². The molecule has 27 heavy (non-hydrogen) atoms. The number of amides is 2. The maximum atomic E-state index is 13.2. The second-order valence-corrected chi connectivity index (χ2v) is 6.81. The number of benzene rings is 2. The van der Waals surface area contributed by atoms with E-state index in [-0.39, 0.29) is 11.8 Å². The van der Waals surface area contributed by atoms with Crippen molar-refractivity contribution in [3.05, 3.63) is 82.0 Å². The van der Waals surface area contributed by atoms with Gasteiger partial charge >= 0.3 is 0 Å². The lowest BCUT2D eigenvalue weighted by molar-refractivity contribution is -0.112. The molecule has 0 spiro atoms. The number of rotatable bonds is 4. The first-order chi connectivity index (χ1) is 13.2. The van der Waals surface area contributed by atoms with Gasteiger partial charge in [-0.3, -0.25) is 9.59 Å². The normalized spacial score (nSPS) is 15.1. The Morgan fingerprint density at radius 3 is 2.37 bits per heavy atom. The van der Waals surface area contributed by atoms with Gasteiger partial charge in [-0.15, -0.1) is 0 Å². The van der Waals surface area contributed by atoms with Crippen molar-refractivity contribution < 1.29 is 14.3 Å². The van der Waals surface area contributed by atoms with E-state index in [1.807, 2.05) is 48.0 Å². The van der Waals surface area contributed by atoms with Crippen molar-refractivity contribution >= 4 is 40.5 Å². The first-order valence-electron chi connectivity index (χ1n) is 8.64. The van der Waals surface area contributed by atoms with Crippen molar-refractivity contribution in [3.8, 4) is 5.75 Å². The quantitative estimate of drug-likeness (QED) is 0.483. The molecule has 0 saturated carbocycles. The van der Waals surface area contributed by atoms with E-state index in [1.165, 1.54) is 4.90 Å². The fourth-order valence-electron chi connectivity index (χ4n) is 3.11. The Balaban J connectivity index is 1.82. The van der Waals surface area contributed by atoms with Crippen LogP contribution >= 0.6 is 11.3 Å². The number of anilines is 1. The minimum atomic E-state index is -0.325. The third-order valence-electron chi connectivity index (χ3n) is 4.34.